The molecule has 19 nitrogen and oxygen atoms in total. The molecule has 1 amide bonds. The molecule has 2 fully saturated rings. The summed E-state index contributed by atoms with van der Waals surface area (Å²) >= 11 is 0. The van der Waals surface area contributed by atoms with Crippen molar-refractivity contribution in [1.82, 2.24) is 15.2 Å². The summed E-state index contributed by atoms with van der Waals surface area (Å²) in [5.74, 6) is -3.63. The van der Waals surface area contributed by atoms with Crippen LogP contribution in [0.5, 0.6) is 0 Å². The Kier molecular flexibility index (Phi) is 23.5. The number of hydrogen-bond donors (Lipinski definition) is 8. The van der Waals surface area contributed by atoms with Gasteiger partial charge in [0.1, 0.15) is 30.3 Å². The first-order valence-electron chi connectivity index (χ1n) is 23.8. The highest BCUT2D eigenvalue weighted by Gasteiger charge is 2.68. The predicted molar refractivity (Wildman–Crippen MR) is 262 cm³/mol. The average Bonchev–Trinajstić information content (AvgIpc) is 3.84. The first kappa shape index (κ1) is 60.9. The first-order chi connectivity index (χ1) is 32.6. The van der Waals surface area contributed by atoms with Crippen LogP contribution in [0.4, 0.5) is 0 Å². The number of allylic oxidation sites excluding steroid dienone is 7. The van der Waals surface area contributed by atoms with E-state index in [0.29, 0.717) is 18.0 Å². The zero-order valence-electron chi connectivity index (χ0n) is 43.1. The summed E-state index contributed by atoms with van der Waals surface area (Å²) < 4.78 is 48.2. The number of ether oxygens (including phenoxy) is 4. The van der Waals surface area contributed by atoms with E-state index in [4.69, 9.17) is 33.2 Å². The van der Waals surface area contributed by atoms with Gasteiger partial charge in [-0.2, -0.15) is 5.26 Å². The summed E-state index contributed by atoms with van der Waals surface area (Å²) in [6.07, 6.45) is 4.10. The molecule has 70 heavy (non-hydrogen) atoms. The molecule has 3 rings (SSSR count). The third-order valence-electron chi connectivity index (χ3n) is 14.0. The van der Waals surface area contributed by atoms with E-state index < -0.39 is 97.7 Å². The Bertz CT molecular complexity index is 2080. The third kappa shape index (κ3) is 16.3. The summed E-state index contributed by atoms with van der Waals surface area (Å²) in [7, 11) is 1.12. The molecule has 20 heteroatoms. The van der Waals surface area contributed by atoms with Gasteiger partial charge in [-0.15, -0.1) is 0 Å². The van der Waals surface area contributed by atoms with Crippen LogP contribution in [0, 0.1) is 34.5 Å². The van der Waals surface area contributed by atoms with Crippen molar-refractivity contribution >= 4 is 19.8 Å². The highest BCUT2D eigenvalue weighted by atomic mass is 31.2. The average molecular weight is 1010 g/mol. The normalized spacial score (nSPS) is 27.6. The van der Waals surface area contributed by atoms with Crippen LogP contribution in [-0.2, 0) is 32.8 Å². The SMILES string of the molecule is COCC(C(O)C(O)C(=O)NCCC(C)c1nc(/C=C/CC2OC3(CC(O)C2C)OC(C(CC(O)C(C)C(O)C(C)/C=C(C)/C(C)=C/C=C/C(C)=C\C#N)OC)C(OP(=O)(O)O)C3(C)C)co1)N(C)C. The number of aliphatic hydroxyl groups is 5. The number of aromatic nitrogens is 1. The van der Waals surface area contributed by atoms with E-state index in [0.717, 1.165) is 16.7 Å². The van der Waals surface area contributed by atoms with Crippen molar-refractivity contribution in [3.05, 3.63) is 71.0 Å². The maximum atomic E-state index is 12.6. The summed E-state index contributed by atoms with van der Waals surface area (Å²) in [4.78, 5) is 39.2. The number of carbonyl (C=O) groups excluding carboxylic acids is 1. The van der Waals surface area contributed by atoms with Gasteiger partial charge in [0.25, 0.3) is 5.91 Å². The van der Waals surface area contributed by atoms with Gasteiger partial charge in [-0.25, -0.2) is 9.55 Å². The second kappa shape index (κ2) is 27.0. The van der Waals surface area contributed by atoms with E-state index in [1.54, 1.807) is 45.8 Å². The molecule has 15 atom stereocenters. The number of carbonyl (C=O) groups is 1. The number of hydrogen-bond acceptors (Lipinski definition) is 16. The van der Waals surface area contributed by atoms with E-state index >= 15 is 0 Å². The predicted octanol–water partition coefficient (Wildman–Crippen LogP) is 4.69. The van der Waals surface area contributed by atoms with Crippen molar-refractivity contribution < 1.29 is 72.6 Å². The molecule has 0 bridgehead atoms. The fourth-order valence-corrected chi connectivity index (χ4v) is 9.64. The maximum Gasteiger partial charge on any atom is 0.469 e. The molecule has 0 saturated carbocycles. The summed E-state index contributed by atoms with van der Waals surface area (Å²) in [6.45, 7) is 16.6. The van der Waals surface area contributed by atoms with E-state index in [1.165, 1.54) is 26.6 Å². The van der Waals surface area contributed by atoms with Gasteiger partial charge in [0, 0.05) is 68.8 Å². The molecule has 1 aromatic rings. The van der Waals surface area contributed by atoms with Crippen molar-refractivity contribution in [3.8, 4) is 6.07 Å². The lowest BCUT2D eigenvalue weighted by Gasteiger charge is -2.50. The molecule has 2 aliphatic rings. The summed E-state index contributed by atoms with van der Waals surface area (Å²) in [5, 5.41) is 67.1. The molecule has 1 aromatic heterocycles. The van der Waals surface area contributed by atoms with Crippen LogP contribution in [0.15, 0.2) is 63.9 Å². The van der Waals surface area contributed by atoms with Crippen LogP contribution in [-0.4, -0.2) is 159 Å². The maximum absolute atomic E-state index is 12.6. The zero-order valence-corrected chi connectivity index (χ0v) is 44.0. The fraction of sp³-hybridized carbons (Fsp3) is 0.700. The van der Waals surface area contributed by atoms with Crippen molar-refractivity contribution in [2.24, 2.45) is 23.2 Å². The van der Waals surface area contributed by atoms with E-state index in [1.807, 2.05) is 78.0 Å². The molecule has 1 spiro atoms. The molecule has 3 heterocycles. The minimum atomic E-state index is -5.15. The highest BCUT2D eigenvalue weighted by molar-refractivity contribution is 7.46. The molecule has 8 N–H and O–H groups in total. The molecule has 0 aliphatic carbocycles. The number of methoxy groups -OCH3 is 2. The molecule has 15 unspecified atom stereocenters. The van der Waals surface area contributed by atoms with Crippen molar-refractivity contribution in [1.29, 1.82) is 5.26 Å². The Labute approximate surface area is 414 Å². The van der Waals surface area contributed by atoms with Crippen molar-refractivity contribution in [2.45, 2.75) is 161 Å². The smallest absolute Gasteiger partial charge is 0.448 e. The lowest BCUT2D eigenvalue weighted by atomic mass is 9.72. The topological polar surface area (TPSA) is 287 Å². The number of likely N-dealkylation sites (N-methyl/N-ethyl adjacent to an activating group) is 1. The zero-order chi connectivity index (χ0) is 52.9. The Morgan fingerprint density at radius 2 is 1.76 bits per heavy atom. The van der Waals surface area contributed by atoms with Gasteiger partial charge in [-0.3, -0.25) is 9.32 Å². The van der Waals surface area contributed by atoms with Crippen LogP contribution >= 0.6 is 7.82 Å². The lowest BCUT2D eigenvalue weighted by molar-refractivity contribution is -0.334. The van der Waals surface area contributed by atoms with E-state index in [9.17, 15) is 44.7 Å². The van der Waals surface area contributed by atoms with Crippen LogP contribution in [0.3, 0.4) is 0 Å². The number of rotatable bonds is 26. The van der Waals surface area contributed by atoms with Gasteiger partial charge in [-0.1, -0.05) is 77.5 Å². The Balaban J connectivity index is 1.74. The van der Waals surface area contributed by atoms with Crippen molar-refractivity contribution in [2.75, 3.05) is 41.5 Å². The van der Waals surface area contributed by atoms with E-state index in [-0.39, 0.29) is 44.2 Å². The fourth-order valence-electron chi connectivity index (χ4n) is 8.96. The minimum absolute atomic E-state index is 0.0645. The monoisotopic (exact) mass is 1010 g/mol. The standard InChI is InChI=1S/C50H81N4O15P/c1-29(20-22-51)16-14-17-30(2)32(4)24-33(5)42(57)35(7)38(55)25-41(65-13)45-46(69-70(61,62)63)49(8,9)50(68-45)26-39(56)34(6)40(67-50)19-15-18-36-27-66-48(53-36)31(3)21-23-52-47(60)44(59)43(58)37(28-64-12)54(10)11/h14-18,20,24,27,31,33-35,37-46,55-59H,19,21,23,25-26,28H2,1-13H3,(H,52,60)(H2,61,62,63)/b16-14+,18-15+,29-20-,30-17+,32-24+. The van der Waals surface area contributed by atoms with Gasteiger partial charge in [0.2, 0.25) is 0 Å². The molecule has 2 aliphatic heterocycles. The van der Waals surface area contributed by atoms with Crippen LogP contribution in [0.2, 0.25) is 0 Å². The molecule has 0 radical (unpaired) electrons. The van der Waals surface area contributed by atoms with Gasteiger partial charge in [0.05, 0.1) is 49.2 Å². The van der Waals surface area contributed by atoms with Crippen LogP contribution in [0.25, 0.3) is 6.08 Å². The Morgan fingerprint density at radius 1 is 1.09 bits per heavy atom. The molecule has 2 saturated heterocycles. The van der Waals surface area contributed by atoms with Gasteiger partial charge < -0.3 is 68.9 Å². The molecule has 396 valence electrons. The lowest BCUT2D eigenvalue weighted by Crippen LogP contribution is -2.58. The number of oxazole rings is 1. The van der Waals surface area contributed by atoms with Crippen molar-refractivity contribution in [3.63, 3.8) is 0 Å². The summed E-state index contributed by atoms with van der Waals surface area (Å²) in [6, 6.07) is 1.40. The van der Waals surface area contributed by atoms with Crippen LogP contribution < -0.4 is 5.32 Å². The minimum Gasteiger partial charge on any atom is -0.448 e. The second-order valence-electron chi connectivity index (χ2n) is 19.9. The largest absolute Gasteiger partial charge is 0.469 e. The summed E-state index contributed by atoms with van der Waals surface area (Å²) in [5.41, 5.74) is 1.87. The number of nitrogens with one attached hydrogen (secondary N) is 1. The van der Waals surface area contributed by atoms with Crippen LogP contribution in [0.1, 0.15) is 105 Å². The van der Waals surface area contributed by atoms with Gasteiger partial charge in [0.15, 0.2) is 17.8 Å². The van der Waals surface area contributed by atoms with E-state index in [2.05, 4.69) is 10.3 Å². The van der Waals surface area contributed by atoms with Gasteiger partial charge in [-0.05, 0) is 64.9 Å². The highest BCUT2D eigenvalue weighted by Crippen LogP contribution is 2.59. The Morgan fingerprint density at radius 3 is 2.36 bits per heavy atom. The number of aliphatic hydroxyl groups excluding tert-OH is 5. The second-order valence-corrected chi connectivity index (χ2v) is 21.1. The molecule has 0 aromatic carbocycles. The first-order valence-corrected chi connectivity index (χ1v) is 25.4. The number of nitriles is 1. The Hall–Kier alpha value is -3.42. The quantitative estimate of drug-likeness (QED) is 0.0355. The van der Waals surface area contributed by atoms with Gasteiger partial charge >= 0.3 is 7.82 Å². The number of phosphoric ester groups is 1. The third-order valence-corrected chi connectivity index (χ3v) is 14.5. The number of phosphoric acid groups is 1. The number of nitrogens with zero attached hydrogens (tertiary/aromatic N) is 3. The molecular formula is C50H81N4O15P. The molecular weight excluding hydrogens is 928 g/mol. The number of amides is 1.